The third-order valence-corrected chi connectivity index (χ3v) is 4.91. The molecule has 0 atom stereocenters. The van der Waals surface area contributed by atoms with Gasteiger partial charge in [0, 0.05) is 41.9 Å². The first kappa shape index (κ1) is 15.9. The molecule has 4 nitrogen and oxygen atoms in total. The third kappa shape index (κ3) is 4.03. The number of piperazine rings is 1. The van der Waals surface area contributed by atoms with E-state index in [-0.39, 0.29) is 5.91 Å². The lowest BCUT2D eigenvalue weighted by molar-refractivity contribution is 0.0654. The summed E-state index contributed by atoms with van der Waals surface area (Å²) in [6.07, 6.45) is 0. The Morgan fingerprint density at radius 1 is 1.35 bits per heavy atom. The Hall–Kier alpha value is -0.440. The van der Waals surface area contributed by atoms with Crippen molar-refractivity contribution in [3.63, 3.8) is 0 Å². The van der Waals surface area contributed by atoms with Crippen LogP contribution in [0.15, 0.2) is 18.2 Å². The highest BCUT2D eigenvalue weighted by Crippen LogP contribution is 2.20. The second-order valence-electron chi connectivity index (χ2n) is 4.66. The van der Waals surface area contributed by atoms with E-state index in [1.165, 1.54) is 0 Å². The van der Waals surface area contributed by atoms with Crippen LogP contribution >= 0.6 is 46.4 Å². The fourth-order valence-electron chi connectivity index (χ4n) is 2.14. The number of nitrogens with two attached hydrogens (primary N) is 1. The van der Waals surface area contributed by atoms with Gasteiger partial charge in [-0.3, -0.25) is 9.69 Å². The summed E-state index contributed by atoms with van der Waals surface area (Å²) < 4.78 is 0.946. The molecule has 0 radical (unpaired) electrons. The summed E-state index contributed by atoms with van der Waals surface area (Å²) in [6, 6.07) is 5.41. The zero-order valence-corrected chi connectivity index (χ0v) is 14.5. The molecule has 1 saturated heterocycles. The molecule has 7 heteroatoms. The number of hydrogen-bond acceptors (Lipinski definition) is 3. The number of rotatable bonds is 3. The maximum absolute atomic E-state index is 12.4. The van der Waals surface area contributed by atoms with Gasteiger partial charge in [0.2, 0.25) is 0 Å². The molecule has 0 unspecified atom stereocenters. The molecule has 1 aromatic rings. The second-order valence-corrected chi connectivity index (χ2v) is 6.76. The summed E-state index contributed by atoms with van der Waals surface area (Å²) in [5, 5.41) is 0.614. The van der Waals surface area contributed by atoms with E-state index in [1.807, 2.05) is 17.0 Å². The van der Waals surface area contributed by atoms with Gasteiger partial charge in [0.25, 0.3) is 5.91 Å². The van der Waals surface area contributed by atoms with Gasteiger partial charge >= 0.3 is 0 Å². The molecule has 2 N–H and O–H groups in total. The summed E-state index contributed by atoms with van der Waals surface area (Å²) in [5.41, 5.74) is 6.17. The van der Waals surface area contributed by atoms with Crippen LogP contribution in [-0.2, 0) is 0 Å². The van der Waals surface area contributed by atoms with Crippen molar-refractivity contribution in [3.8, 4) is 0 Å². The number of amides is 1. The van der Waals surface area contributed by atoms with E-state index in [1.54, 1.807) is 6.07 Å². The van der Waals surface area contributed by atoms with Crippen LogP contribution in [-0.4, -0.2) is 53.4 Å². The normalized spacial score (nSPS) is 16.2. The third-order valence-electron chi connectivity index (χ3n) is 3.21. The second kappa shape index (κ2) is 7.02. The molecule has 1 aliphatic rings. The monoisotopic (exact) mass is 423 g/mol. The summed E-state index contributed by atoms with van der Waals surface area (Å²) in [4.78, 5) is 16.9. The van der Waals surface area contributed by atoms with Crippen LogP contribution in [0.1, 0.15) is 10.4 Å². The Morgan fingerprint density at radius 2 is 2.00 bits per heavy atom. The molecule has 0 aromatic heterocycles. The number of halogens is 2. The van der Waals surface area contributed by atoms with Gasteiger partial charge in [-0.25, -0.2) is 0 Å². The van der Waals surface area contributed by atoms with Crippen molar-refractivity contribution >= 4 is 57.3 Å². The predicted octanol–water partition coefficient (Wildman–Crippen LogP) is 1.99. The van der Waals surface area contributed by atoms with Crippen molar-refractivity contribution in [1.29, 1.82) is 0 Å². The first-order valence-corrected chi connectivity index (χ1v) is 8.09. The smallest absolute Gasteiger partial charge is 0.253 e. The van der Waals surface area contributed by atoms with Crippen LogP contribution in [0.2, 0.25) is 5.02 Å². The average molecular weight is 424 g/mol. The van der Waals surface area contributed by atoms with Crippen molar-refractivity contribution in [3.05, 3.63) is 32.4 Å². The SMILES string of the molecule is NC(=S)CN1CCN(C(=O)c2ccc(I)c(Cl)c2)CC1. The van der Waals surface area contributed by atoms with Crippen LogP contribution in [0.5, 0.6) is 0 Å². The van der Waals surface area contributed by atoms with Crippen LogP contribution in [0.3, 0.4) is 0 Å². The maximum Gasteiger partial charge on any atom is 0.253 e. The van der Waals surface area contributed by atoms with E-state index in [9.17, 15) is 4.79 Å². The molecular weight excluding hydrogens is 409 g/mol. The summed E-state index contributed by atoms with van der Waals surface area (Å²) in [6.45, 7) is 3.57. The molecule has 0 saturated carbocycles. The molecule has 1 heterocycles. The van der Waals surface area contributed by atoms with E-state index in [0.29, 0.717) is 35.2 Å². The Morgan fingerprint density at radius 3 is 2.55 bits per heavy atom. The number of carbonyl (C=O) groups excluding carboxylic acids is 1. The molecule has 2 rings (SSSR count). The minimum Gasteiger partial charge on any atom is -0.392 e. The van der Waals surface area contributed by atoms with Crippen LogP contribution < -0.4 is 5.73 Å². The van der Waals surface area contributed by atoms with E-state index >= 15 is 0 Å². The predicted molar refractivity (Wildman–Crippen MR) is 93.3 cm³/mol. The minimum atomic E-state index is 0.0262. The van der Waals surface area contributed by atoms with Gasteiger partial charge in [0.05, 0.1) is 10.0 Å². The molecule has 1 amide bonds. The van der Waals surface area contributed by atoms with Crippen LogP contribution in [0.4, 0.5) is 0 Å². The minimum absolute atomic E-state index is 0.0262. The highest BCUT2D eigenvalue weighted by Gasteiger charge is 2.22. The fraction of sp³-hybridized carbons (Fsp3) is 0.385. The Balaban J connectivity index is 1.97. The lowest BCUT2D eigenvalue weighted by Crippen LogP contribution is -2.50. The molecule has 0 spiro atoms. The first-order chi connectivity index (χ1) is 9.47. The Labute approximate surface area is 142 Å². The molecule has 20 heavy (non-hydrogen) atoms. The summed E-state index contributed by atoms with van der Waals surface area (Å²) in [5.74, 6) is 0.0262. The Kier molecular flexibility index (Phi) is 5.59. The molecule has 1 aliphatic heterocycles. The number of thiocarbonyl (C=S) groups is 1. The highest BCUT2D eigenvalue weighted by molar-refractivity contribution is 14.1. The number of hydrogen-bond donors (Lipinski definition) is 1. The number of carbonyl (C=O) groups is 1. The summed E-state index contributed by atoms with van der Waals surface area (Å²) >= 11 is 13.1. The molecule has 1 aromatic carbocycles. The van der Waals surface area contributed by atoms with E-state index in [2.05, 4.69) is 27.5 Å². The van der Waals surface area contributed by atoms with Gasteiger partial charge in [-0.15, -0.1) is 0 Å². The zero-order valence-electron chi connectivity index (χ0n) is 10.8. The lowest BCUT2D eigenvalue weighted by Gasteiger charge is -2.34. The summed E-state index contributed by atoms with van der Waals surface area (Å²) in [7, 11) is 0. The largest absolute Gasteiger partial charge is 0.392 e. The van der Waals surface area contributed by atoms with E-state index in [4.69, 9.17) is 29.6 Å². The average Bonchev–Trinajstić information content (AvgIpc) is 2.41. The molecule has 0 aliphatic carbocycles. The van der Waals surface area contributed by atoms with E-state index < -0.39 is 0 Å². The van der Waals surface area contributed by atoms with Gasteiger partial charge in [-0.1, -0.05) is 23.8 Å². The van der Waals surface area contributed by atoms with Gasteiger partial charge in [0.15, 0.2) is 0 Å². The molecule has 1 fully saturated rings. The van der Waals surface area contributed by atoms with Crippen molar-refractivity contribution in [2.24, 2.45) is 5.73 Å². The maximum atomic E-state index is 12.4. The van der Waals surface area contributed by atoms with Gasteiger partial charge in [-0.05, 0) is 40.8 Å². The quantitative estimate of drug-likeness (QED) is 0.597. The zero-order chi connectivity index (χ0) is 14.7. The number of nitrogens with zero attached hydrogens (tertiary/aromatic N) is 2. The lowest BCUT2D eigenvalue weighted by atomic mass is 10.2. The van der Waals surface area contributed by atoms with Gasteiger partial charge in [-0.2, -0.15) is 0 Å². The van der Waals surface area contributed by atoms with Crippen LogP contribution in [0, 0.1) is 3.57 Å². The fourth-order valence-corrected chi connectivity index (χ4v) is 2.84. The van der Waals surface area contributed by atoms with Crippen molar-refractivity contribution in [2.75, 3.05) is 32.7 Å². The van der Waals surface area contributed by atoms with Crippen molar-refractivity contribution in [1.82, 2.24) is 9.80 Å². The standard InChI is InChI=1S/C13H15ClIN3OS/c14-10-7-9(1-2-11(10)15)13(19)18-5-3-17(4-6-18)8-12(16)20/h1-2,7H,3-6,8H2,(H2,16,20). The van der Waals surface area contributed by atoms with Crippen molar-refractivity contribution < 1.29 is 4.79 Å². The van der Waals surface area contributed by atoms with Crippen molar-refractivity contribution in [2.45, 2.75) is 0 Å². The van der Waals surface area contributed by atoms with E-state index in [0.717, 1.165) is 16.7 Å². The number of benzene rings is 1. The van der Waals surface area contributed by atoms with Gasteiger partial charge < -0.3 is 10.6 Å². The topological polar surface area (TPSA) is 49.6 Å². The highest BCUT2D eigenvalue weighted by atomic mass is 127. The Bertz CT molecular complexity index is 532. The van der Waals surface area contributed by atoms with Gasteiger partial charge in [0.1, 0.15) is 0 Å². The first-order valence-electron chi connectivity index (χ1n) is 6.22. The molecule has 0 bridgehead atoms. The molecule has 108 valence electrons. The molecular formula is C13H15ClIN3OS. The van der Waals surface area contributed by atoms with Crippen LogP contribution in [0.25, 0.3) is 0 Å².